The zero-order valence-corrected chi connectivity index (χ0v) is 10.0. The number of hydrogen-bond acceptors (Lipinski definition) is 5. The van der Waals surface area contributed by atoms with Gasteiger partial charge in [0.1, 0.15) is 4.88 Å². The lowest BCUT2D eigenvalue weighted by molar-refractivity contribution is 0.0768. The lowest BCUT2D eigenvalue weighted by Crippen LogP contribution is -2.32. The van der Waals surface area contributed by atoms with Crippen molar-refractivity contribution in [3.05, 3.63) is 16.3 Å². The first-order valence-electron chi connectivity index (χ1n) is 5.07. The van der Waals surface area contributed by atoms with Crippen molar-refractivity contribution in [1.82, 2.24) is 4.90 Å². The molecule has 88 valence electrons. The van der Waals surface area contributed by atoms with E-state index >= 15 is 0 Å². The molecule has 0 fully saturated rings. The molecule has 0 radical (unpaired) electrons. The van der Waals surface area contributed by atoms with Crippen LogP contribution in [-0.4, -0.2) is 23.9 Å². The number of anilines is 1. The number of nitrogens with zero attached hydrogens (tertiary/aromatic N) is 3. The Bertz CT molecular complexity index is 451. The molecule has 5 nitrogen and oxygen atoms in total. The van der Waals surface area contributed by atoms with Crippen LogP contribution in [0.1, 0.15) is 22.5 Å². The molecule has 0 aliphatic rings. The van der Waals surface area contributed by atoms with Crippen molar-refractivity contribution in [2.45, 2.75) is 12.8 Å². The first-order valence-corrected chi connectivity index (χ1v) is 5.94. The standard InChI is InChI=1S/C11H12N4OS/c12-4-1-6-15(7-2-5-13)11(16)10-9(14)3-8-17-10/h3,8H,1-2,6-7,14H2. The smallest absolute Gasteiger partial charge is 0.266 e. The lowest BCUT2D eigenvalue weighted by Gasteiger charge is -2.19. The summed E-state index contributed by atoms with van der Waals surface area (Å²) in [5.74, 6) is -0.206. The Hall–Kier alpha value is -2.05. The van der Waals surface area contributed by atoms with Gasteiger partial charge in [0.05, 0.1) is 30.7 Å². The quantitative estimate of drug-likeness (QED) is 0.856. The van der Waals surface area contributed by atoms with Crippen LogP contribution in [0.15, 0.2) is 11.4 Å². The predicted octanol–water partition coefficient (Wildman–Crippen LogP) is 1.60. The molecule has 1 aromatic rings. The van der Waals surface area contributed by atoms with E-state index in [4.69, 9.17) is 16.3 Å². The minimum atomic E-state index is -0.206. The Labute approximate surface area is 104 Å². The first-order chi connectivity index (χ1) is 8.20. The van der Waals surface area contributed by atoms with Gasteiger partial charge in [-0.1, -0.05) is 0 Å². The second-order valence-corrected chi connectivity index (χ2v) is 4.23. The summed E-state index contributed by atoms with van der Waals surface area (Å²) >= 11 is 1.27. The Balaban J connectivity index is 2.76. The topological polar surface area (TPSA) is 93.9 Å². The summed E-state index contributed by atoms with van der Waals surface area (Å²) in [6, 6.07) is 5.64. The molecule has 17 heavy (non-hydrogen) atoms. The lowest BCUT2D eigenvalue weighted by atomic mass is 10.3. The monoisotopic (exact) mass is 248 g/mol. The van der Waals surface area contributed by atoms with Gasteiger partial charge in [0, 0.05) is 13.1 Å². The summed E-state index contributed by atoms with van der Waals surface area (Å²) in [5.41, 5.74) is 6.11. The molecule has 0 saturated heterocycles. The number of nitrogen functional groups attached to an aromatic ring is 1. The third kappa shape index (κ3) is 3.47. The fraction of sp³-hybridized carbons (Fsp3) is 0.364. The van der Waals surface area contributed by atoms with Gasteiger partial charge in [0.2, 0.25) is 0 Å². The van der Waals surface area contributed by atoms with Gasteiger partial charge in [-0.2, -0.15) is 10.5 Å². The highest BCUT2D eigenvalue weighted by atomic mass is 32.1. The number of carbonyl (C=O) groups excluding carboxylic acids is 1. The number of nitrogens with two attached hydrogens (primary N) is 1. The molecule has 0 spiro atoms. The number of thiophene rings is 1. The highest BCUT2D eigenvalue weighted by Gasteiger charge is 2.18. The van der Waals surface area contributed by atoms with Crippen LogP contribution in [-0.2, 0) is 0 Å². The molecule has 0 aromatic carbocycles. The zero-order chi connectivity index (χ0) is 12.7. The van der Waals surface area contributed by atoms with E-state index < -0.39 is 0 Å². The van der Waals surface area contributed by atoms with Crippen LogP contribution in [0.4, 0.5) is 5.69 Å². The molecule has 0 atom stereocenters. The summed E-state index contributed by atoms with van der Waals surface area (Å²) in [5, 5.41) is 18.8. The maximum atomic E-state index is 12.1. The van der Waals surface area contributed by atoms with E-state index in [1.54, 1.807) is 11.4 Å². The van der Waals surface area contributed by atoms with Gasteiger partial charge in [0.25, 0.3) is 5.91 Å². The molecule has 0 bridgehead atoms. The van der Waals surface area contributed by atoms with E-state index in [9.17, 15) is 4.79 Å². The van der Waals surface area contributed by atoms with Gasteiger partial charge in [0.15, 0.2) is 0 Å². The molecule has 0 unspecified atom stereocenters. The number of amides is 1. The number of nitriles is 2. The average Bonchev–Trinajstić information content (AvgIpc) is 2.75. The van der Waals surface area contributed by atoms with Gasteiger partial charge >= 0.3 is 0 Å². The van der Waals surface area contributed by atoms with Gasteiger partial charge in [-0.05, 0) is 11.4 Å². The van der Waals surface area contributed by atoms with Gasteiger partial charge in [-0.3, -0.25) is 4.79 Å². The average molecular weight is 248 g/mol. The summed E-state index contributed by atoms with van der Waals surface area (Å²) in [7, 11) is 0. The Morgan fingerprint density at radius 2 is 1.94 bits per heavy atom. The summed E-state index contributed by atoms with van der Waals surface area (Å²) in [6.07, 6.45) is 0.505. The second-order valence-electron chi connectivity index (χ2n) is 3.31. The van der Waals surface area contributed by atoms with Crippen molar-refractivity contribution < 1.29 is 4.79 Å². The fourth-order valence-electron chi connectivity index (χ4n) is 1.32. The third-order valence-corrected chi connectivity index (χ3v) is 3.08. The van der Waals surface area contributed by atoms with Crippen molar-refractivity contribution in [2.75, 3.05) is 18.8 Å². The Morgan fingerprint density at radius 1 is 1.35 bits per heavy atom. The van der Waals surface area contributed by atoms with Crippen molar-refractivity contribution in [3.8, 4) is 12.1 Å². The molecular weight excluding hydrogens is 236 g/mol. The van der Waals surface area contributed by atoms with Gasteiger partial charge in [-0.15, -0.1) is 11.3 Å². The van der Waals surface area contributed by atoms with Crippen LogP contribution in [0.25, 0.3) is 0 Å². The van der Waals surface area contributed by atoms with Crippen molar-refractivity contribution in [2.24, 2.45) is 0 Å². The summed E-state index contributed by atoms with van der Waals surface area (Å²) in [4.78, 5) is 14.0. The van der Waals surface area contributed by atoms with E-state index in [-0.39, 0.29) is 18.7 Å². The molecule has 0 aliphatic heterocycles. The predicted molar refractivity (Wildman–Crippen MR) is 65.1 cm³/mol. The van der Waals surface area contributed by atoms with Crippen molar-refractivity contribution in [3.63, 3.8) is 0 Å². The normalized spacial score (nSPS) is 9.29. The largest absolute Gasteiger partial charge is 0.397 e. The first kappa shape index (κ1) is 13.0. The van der Waals surface area contributed by atoms with E-state index in [1.807, 2.05) is 12.1 Å². The summed E-state index contributed by atoms with van der Waals surface area (Å²) < 4.78 is 0. The molecule has 0 aliphatic carbocycles. The zero-order valence-electron chi connectivity index (χ0n) is 9.22. The molecule has 1 rings (SSSR count). The number of rotatable bonds is 5. The van der Waals surface area contributed by atoms with Crippen LogP contribution < -0.4 is 5.73 Å². The van der Waals surface area contributed by atoms with Crippen LogP contribution >= 0.6 is 11.3 Å². The molecule has 1 aromatic heterocycles. The Kier molecular flexibility index (Phi) is 4.99. The molecular formula is C11H12N4OS. The van der Waals surface area contributed by atoms with Gasteiger partial charge < -0.3 is 10.6 Å². The minimum Gasteiger partial charge on any atom is -0.397 e. The van der Waals surface area contributed by atoms with E-state index in [2.05, 4.69) is 0 Å². The second kappa shape index (κ2) is 6.51. The van der Waals surface area contributed by atoms with Crippen molar-refractivity contribution in [1.29, 1.82) is 10.5 Å². The van der Waals surface area contributed by atoms with Crippen LogP contribution in [0.2, 0.25) is 0 Å². The molecule has 1 amide bonds. The highest BCUT2D eigenvalue weighted by Crippen LogP contribution is 2.21. The SMILES string of the molecule is N#CCCN(CCC#N)C(=O)c1sccc1N. The molecule has 0 saturated carbocycles. The number of carbonyl (C=O) groups is 1. The molecule has 1 heterocycles. The van der Waals surface area contributed by atoms with Gasteiger partial charge in [-0.25, -0.2) is 0 Å². The van der Waals surface area contributed by atoms with Crippen LogP contribution in [0.3, 0.4) is 0 Å². The van der Waals surface area contributed by atoms with E-state index in [0.717, 1.165) is 0 Å². The maximum Gasteiger partial charge on any atom is 0.266 e. The fourth-order valence-corrected chi connectivity index (χ4v) is 2.11. The maximum absolute atomic E-state index is 12.1. The minimum absolute atomic E-state index is 0.206. The number of hydrogen-bond donors (Lipinski definition) is 1. The van der Waals surface area contributed by atoms with Crippen LogP contribution in [0.5, 0.6) is 0 Å². The molecule has 2 N–H and O–H groups in total. The third-order valence-electron chi connectivity index (χ3n) is 2.16. The Morgan fingerprint density at radius 3 is 2.35 bits per heavy atom. The van der Waals surface area contributed by atoms with E-state index in [1.165, 1.54) is 16.2 Å². The van der Waals surface area contributed by atoms with E-state index in [0.29, 0.717) is 23.7 Å². The summed E-state index contributed by atoms with van der Waals surface area (Å²) in [6.45, 7) is 0.655. The van der Waals surface area contributed by atoms with Crippen molar-refractivity contribution >= 4 is 22.9 Å². The van der Waals surface area contributed by atoms with Crippen LogP contribution in [0, 0.1) is 22.7 Å². The molecule has 6 heteroatoms. The highest BCUT2D eigenvalue weighted by molar-refractivity contribution is 7.12.